The summed E-state index contributed by atoms with van der Waals surface area (Å²) in [5, 5.41) is 0.726. The molecule has 5 nitrogen and oxygen atoms in total. The summed E-state index contributed by atoms with van der Waals surface area (Å²) in [4.78, 5) is 31.5. The van der Waals surface area contributed by atoms with Crippen molar-refractivity contribution < 1.29 is 9.59 Å². The van der Waals surface area contributed by atoms with Gasteiger partial charge < -0.3 is 9.80 Å². The van der Waals surface area contributed by atoms with Crippen LogP contribution in [0.1, 0.15) is 12.5 Å². The van der Waals surface area contributed by atoms with E-state index in [-0.39, 0.29) is 11.8 Å². The summed E-state index contributed by atoms with van der Waals surface area (Å²) in [6.45, 7) is 5.00. The van der Waals surface area contributed by atoms with Gasteiger partial charge in [0, 0.05) is 32.7 Å². The molecule has 4 rings (SSSR count). The molecule has 0 N–H and O–H groups in total. The third kappa shape index (κ3) is 3.16. The maximum Gasteiger partial charge on any atom is 0.277 e. The molecule has 0 spiro atoms. The lowest BCUT2D eigenvalue weighted by Gasteiger charge is -2.38. The van der Waals surface area contributed by atoms with E-state index in [1.54, 1.807) is 0 Å². The minimum absolute atomic E-state index is 0.197. The number of hydrogen-bond donors (Lipinski definition) is 0. The second-order valence-corrected chi connectivity index (χ2v) is 7.28. The first-order chi connectivity index (χ1) is 13.6. The first-order valence-electron chi connectivity index (χ1n) is 9.52. The SMILES string of the molecule is CCN1C(=O)C(c2ccccc2)=C(N2CCN(c3ccccc3Cl)CC2)C1=O. The highest BCUT2D eigenvalue weighted by Gasteiger charge is 2.41. The molecule has 0 bridgehead atoms. The molecule has 1 saturated heterocycles. The molecule has 2 aromatic carbocycles. The molecule has 0 saturated carbocycles. The van der Waals surface area contributed by atoms with Crippen molar-refractivity contribution in [2.24, 2.45) is 0 Å². The summed E-state index contributed by atoms with van der Waals surface area (Å²) in [6.07, 6.45) is 0. The Bertz CT molecular complexity index is 934. The van der Waals surface area contributed by atoms with Crippen molar-refractivity contribution in [3.05, 3.63) is 70.9 Å². The summed E-state index contributed by atoms with van der Waals surface area (Å²) in [6, 6.07) is 17.3. The highest BCUT2D eigenvalue weighted by atomic mass is 35.5. The van der Waals surface area contributed by atoms with Gasteiger partial charge in [0.25, 0.3) is 11.8 Å². The van der Waals surface area contributed by atoms with Crippen molar-refractivity contribution >= 4 is 34.7 Å². The number of hydrogen-bond acceptors (Lipinski definition) is 4. The van der Waals surface area contributed by atoms with Crippen LogP contribution in [0.4, 0.5) is 5.69 Å². The van der Waals surface area contributed by atoms with Gasteiger partial charge in [-0.15, -0.1) is 0 Å². The van der Waals surface area contributed by atoms with E-state index < -0.39 is 0 Å². The van der Waals surface area contributed by atoms with Crippen molar-refractivity contribution in [2.45, 2.75) is 6.92 Å². The zero-order valence-corrected chi connectivity index (χ0v) is 16.5. The fraction of sp³-hybridized carbons (Fsp3) is 0.273. The molecule has 2 aromatic rings. The molecule has 28 heavy (non-hydrogen) atoms. The normalized spacial score (nSPS) is 17.7. The Balaban J connectivity index is 1.63. The number of nitrogens with zero attached hydrogens (tertiary/aromatic N) is 3. The van der Waals surface area contributed by atoms with Crippen molar-refractivity contribution in [3.63, 3.8) is 0 Å². The first-order valence-corrected chi connectivity index (χ1v) is 9.90. The number of imide groups is 1. The van der Waals surface area contributed by atoms with Crippen LogP contribution in [0.15, 0.2) is 60.3 Å². The molecule has 2 heterocycles. The molecule has 2 amide bonds. The van der Waals surface area contributed by atoms with Gasteiger partial charge in [0.15, 0.2) is 0 Å². The van der Waals surface area contributed by atoms with Crippen LogP contribution in [0.25, 0.3) is 5.57 Å². The van der Waals surface area contributed by atoms with Gasteiger partial charge in [0.05, 0.1) is 16.3 Å². The Morgan fingerprint density at radius 1 is 0.821 bits per heavy atom. The zero-order valence-electron chi connectivity index (χ0n) is 15.8. The lowest BCUT2D eigenvalue weighted by Crippen LogP contribution is -2.47. The Hall–Kier alpha value is -2.79. The molecule has 2 aliphatic rings. The van der Waals surface area contributed by atoms with Crippen molar-refractivity contribution in [2.75, 3.05) is 37.6 Å². The Morgan fingerprint density at radius 3 is 2.07 bits per heavy atom. The number of halogens is 1. The van der Waals surface area contributed by atoms with Gasteiger partial charge in [-0.25, -0.2) is 0 Å². The lowest BCUT2D eigenvalue weighted by molar-refractivity contribution is -0.137. The number of para-hydroxylation sites is 1. The van der Waals surface area contributed by atoms with Crippen molar-refractivity contribution in [1.29, 1.82) is 0 Å². The average molecular weight is 396 g/mol. The number of likely N-dealkylation sites (N-methyl/N-ethyl adjacent to an activating group) is 1. The second-order valence-electron chi connectivity index (χ2n) is 6.87. The second kappa shape index (κ2) is 7.68. The monoisotopic (exact) mass is 395 g/mol. The predicted octanol–water partition coefficient (Wildman–Crippen LogP) is 3.26. The number of piperazine rings is 1. The van der Waals surface area contributed by atoms with Crippen LogP contribution in [-0.2, 0) is 9.59 Å². The van der Waals surface area contributed by atoms with Crippen LogP contribution in [0.2, 0.25) is 5.02 Å². The van der Waals surface area contributed by atoms with Crippen LogP contribution in [0.5, 0.6) is 0 Å². The molecular weight excluding hydrogens is 374 g/mol. The summed E-state index contributed by atoms with van der Waals surface area (Å²) in [5.74, 6) is -0.403. The molecule has 144 valence electrons. The number of amides is 2. The van der Waals surface area contributed by atoms with Crippen LogP contribution >= 0.6 is 11.6 Å². The molecule has 1 fully saturated rings. The first kappa shape index (κ1) is 18.6. The quantitative estimate of drug-likeness (QED) is 0.745. The number of carbonyl (C=O) groups excluding carboxylic acids is 2. The number of anilines is 1. The molecule has 0 aliphatic carbocycles. The molecule has 0 atom stereocenters. The Morgan fingerprint density at radius 2 is 1.43 bits per heavy atom. The number of carbonyl (C=O) groups is 2. The van der Waals surface area contributed by atoms with Crippen molar-refractivity contribution in [3.8, 4) is 0 Å². The largest absolute Gasteiger partial charge is 0.367 e. The van der Waals surface area contributed by atoms with E-state index in [4.69, 9.17) is 11.6 Å². The number of benzene rings is 2. The summed E-state index contributed by atoms with van der Waals surface area (Å²) >= 11 is 6.33. The highest BCUT2D eigenvalue weighted by molar-refractivity contribution is 6.35. The molecule has 6 heteroatoms. The standard InChI is InChI=1S/C22H22ClN3O2/c1-2-26-21(27)19(16-8-4-3-5-9-16)20(22(26)28)25-14-12-24(13-15-25)18-11-7-6-10-17(18)23/h3-11H,2,12-15H2,1H3. The molecule has 0 unspecified atom stereocenters. The van der Waals surface area contributed by atoms with E-state index in [1.807, 2.05) is 66.4 Å². The predicted molar refractivity (Wildman–Crippen MR) is 111 cm³/mol. The van der Waals surface area contributed by atoms with Gasteiger partial charge in [-0.3, -0.25) is 14.5 Å². The van der Waals surface area contributed by atoms with E-state index in [9.17, 15) is 9.59 Å². The summed E-state index contributed by atoms with van der Waals surface area (Å²) < 4.78 is 0. The average Bonchev–Trinajstić information content (AvgIpc) is 2.98. The minimum atomic E-state index is -0.206. The van der Waals surface area contributed by atoms with Crippen LogP contribution < -0.4 is 4.90 Å². The maximum absolute atomic E-state index is 13.0. The Labute approximate surface area is 169 Å². The zero-order chi connectivity index (χ0) is 19.7. The third-order valence-electron chi connectivity index (χ3n) is 5.31. The minimum Gasteiger partial charge on any atom is -0.367 e. The van der Waals surface area contributed by atoms with E-state index in [2.05, 4.69) is 4.90 Å². The fourth-order valence-corrected chi connectivity index (χ4v) is 4.14. The van der Waals surface area contributed by atoms with E-state index in [0.717, 1.165) is 29.4 Å². The van der Waals surface area contributed by atoms with E-state index in [1.165, 1.54) is 4.90 Å². The van der Waals surface area contributed by atoms with Gasteiger partial charge >= 0.3 is 0 Å². The molecule has 2 aliphatic heterocycles. The van der Waals surface area contributed by atoms with Crippen molar-refractivity contribution in [1.82, 2.24) is 9.80 Å². The van der Waals surface area contributed by atoms with Gasteiger partial charge in [0.1, 0.15) is 5.70 Å². The topological polar surface area (TPSA) is 43.9 Å². The molecule has 0 radical (unpaired) electrons. The highest BCUT2D eigenvalue weighted by Crippen LogP contribution is 2.33. The molecule has 0 aromatic heterocycles. The lowest BCUT2D eigenvalue weighted by atomic mass is 10.0. The summed E-state index contributed by atoms with van der Waals surface area (Å²) in [7, 11) is 0. The van der Waals surface area contributed by atoms with Crippen LogP contribution in [0.3, 0.4) is 0 Å². The van der Waals surface area contributed by atoms with Gasteiger partial charge in [-0.05, 0) is 24.6 Å². The smallest absolute Gasteiger partial charge is 0.277 e. The fourth-order valence-electron chi connectivity index (χ4n) is 3.89. The van der Waals surface area contributed by atoms with Crippen LogP contribution in [-0.4, -0.2) is 54.3 Å². The maximum atomic E-state index is 13.0. The Kier molecular flexibility index (Phi) is 5.09. The third-order valence-corrected chi connectivity index (χ3v) is 5.63. The van der Waals surface area contributed by atoms with Gasteiger partial charge in [-0.2, -0.15) is 0 Å². The molecular formula is C22H22ClN3O2. The number of rotatable bonds is 4. The summed E-state index contributed by atoms with van der Waals surface area (Å²) in [5.41, 5.74) is 2.83. The van der Waals surface area contributed by atoms with Crippen LogP contribution in [0, 0.1) is 0 Å². The van der Waals surface area contributed by atoms with E-state index >= 15 is 0 Å². The van der Waals surface area contributed by atoms with E-state index in [0.29, 0.717) is 30.9 Å². The van der Waals surface area contributed by atoms with Gasteiger partial charge in [0.2, 0.25) is 0 Å². The van der Waals surface area contributed by atoms with Gasteiger partial charge in [-0.1, -0.05) is 54.1 Å².